The maximum absolute atomic E-state index is 13.5. The minimum atomic E-state index is -0.468. The topological polar surface area (TPSA) is 50.4 Å². The normalized spacial score (nSPS) is 19.1. The van der Waals surface area contributed by atoms with Gasteiger partial charge in [-0.2, -0.15) is 0 Å². The van der Waals surface area contributed by atoms with Crippen molar-refractivity contribution in [2.24, 2.45) is 0 Å². The number of benzene rings is 1. The second-order valence-corrected chi connectivity index (χ2v) is 4.64. The fraction of sp³-hybridized carbons (Fsp3) is 0.364. The minimum Gasteiger partial charge on any atom is -0.497 e. The van der Waals surface area contributed by atoms with Gasteiger partial charge >= 0.3 is 0 Å². The molecule has 1 aliphatic rings. The largest absolute Gasteiger partial charge is 0.497 e. The van der Waals surface area contributed by atoms with E-state index in [9.17, 15) is 9.18 Å². The van der Waals surface area contributed by atoms with Crippen LogP contribution in [0.1, 0.15) is 0 Å². The van der Waals surface area contributed by atoms with E-state index in [0.717, 1.165) is 5.88 Å². The Bertz CT molecular complexity index is 422. The molecule has 0 aliphatic carbocycles. The molecule has 0 spiro atoms. The summed E-state index contributed by atoms with van der Waals surface area (Å²) in [6, 6.07) is 3.99. The third-order valence-electron chi connectivity index (χ3n) is 2.46. The monoisotopic (exact) mass is 256 g/mol. The molecule has 0 saturated carbocycles. The highest BCUT2D eigenvalue weighted by atomic mass is 32.2. The third-order valence-corrected chi connectivity index (χ3v) is 3.40. The Hall–Kier alpha value is -1.27. The van der Waals surface area contributed by atoms with Crippen molar-refractivity contribution in [1.29, 1.82) is 0 Å². The van der Waals surface area contributed by atoms with E-state index in [2.05, 4.69) is 10.6 Å². The Morgan fingerprint density at radius 3 is 3.12 bits per heavy atom. The summed E-state index contributed by atoms with van der Waals surface area (Å²) < 4.78 is 18.4. The predicted molar refractivity (Wildman–Crippen MR) is 65.8 cm³/mol. The highest BCUT2D eigenvalue weighted by Gasteiger charge is 2.23. The molecule has 1 aromatic rings. The first kappa shape index (κ1) is 12.2. The molecule has 4 nitrogen and oxygen atoms in total. The number of hydrogen-bond donors (Lipinski definition) is 2. The predicted octanol–water partition coefficient (Wildman–Crippen LogP) is 1.44. The third kappa shape index (κ3) is 2.89. The standard InChI is InChI=1S/C11H13FN2O2S/c1-16-7-2-3-8(12)9(4-7)14-11(15)10-5-17-6-13-10/h2-4,10,13H,5-6H2,1H3,(H,14,15). The van der Waals surface area contributed by atoms with E-state index in [-0.39, 0.29) is 17.6 Å². The van der Waals surface area contributed by atoms with Gasteiger partial charge in [0.1, 0.15) is 11.6 Å². The number of carbonyl (C=O) groups excluding carboxylic acids is 1. The van der Waals surface area contributed by atoms with Crippen LogP contribution in [0.25, 0.3) is 0 Å². The molecule has 17 heavy (non-hydrogen) atoms. The molecule has 1 heterocycles. The molecule has 1 unspecified atom stereocenters. The number of thioether (sulfide) groups is 1. The first-order chi connectivity index (χ1) is 8.20. The van der Waals surface area contributed by atoms with E-state index in [1.165, 1.54) is 25.3 Å². The van der Waals surface area contributed by atoms with Crippen molar-refractivity contribution in [2.75, 3.05) is 24.1 Å². The van der Waals surface area contributed by atoms with Crippen LogP contribution in [0.4, 0.5) is 10.1 Å². The SMILES string of the molecule is COc1ccc(F)c(NC(=O)C2CSCN2)c1. The number of nitrogens with one attached hydrogen (secondary N) is 2. The van der Waals surface area contributed by atoms with Gasteiger partial charge in [-0.25, -0.2) is 4.39 Å². The fourth-order valence-electron chi connectivity index (χ4n) is 1.51. The van der Waals surface area contributed by atoms with Crippen LogP contribution in [0.2, 0.25) is 0 Å². The van der Waals surface area contributed by atoms with Gasteiger partial charge in [0.25, 0.3) is 0 Å². The molecule has 2 rings (SSSR count). The molecule has 2 N–H and O–H groups in total. The summed E-state index contributed by atoms with van der Waals surface area (Å²) in [5.74, 6) is 1.28. The van der Waals surface area contributed by atoms with Gasteiger partial charge in [-0.05, 0) is 12.1 Å². The zero-order chi connectivity index (χ0) is 12.3. The van der Waals surface area contributed by atoms with E-state index in [1.807, 2.05) is 0 Å². The van der Waals surface area contributed by atoms with E-state index in [4.69, 9.17) is 4.74 Å². The molecule has 6 heteroatoms. The molecule has 1 saturated heterocycles. The Morgan fingerprint density at radius 2 is 2.47 bits per heavy atom. The van der Waals surface area contributed by atoms with Gasteiger partial charge in [-0.3, -0.25) is 10.1 Å². The van der Waals surface area contributed by atoms with Crippen molar-refractivity contribution < 1.29 is 13.9 Å². The summed E-state index contributed by atoms with van der Waals surface area (Å²) in [5, 5.41) is 5.58. The second kappa shape index (κ2) is 5.37. The highest BCUT2D eigenvalue weighted by Crippen LogP contribution is 2.21. The molecule has 1 atom stereocenters. The number of halogens is 1. The van der Waals surface area contributed by atoms with E-state index < -0.39 is 5.82 Å². The zero-order valence-electron chi connectivity index (χ0n) is 9.33. The summed E-state index contributed by atoms with van der Waals surface area (Å²) in [7, 11) is 1.49. The maximum atomic E-state index is 13.5. The number of rotatable bonds is 3. The lowest BCUT2D eigenvalue weighted by atomic mass is 10.2. The van der Waals surface area contributed by atoms with Crippen LogP contribution in [-0.2, 0) is 4.79 Å². The van der Waals surface area contributed by atoms with Gasteiger partial charge in [0, 0.05) is 17.7 Å². The number of carbonyl (C=O) groups is 1. The van der Waals surface area contributed by atoms with Crippen molar-refractivity contribution in [2.45, 2.75) is 6.04 Å². The molecular formula is C11H13FN2O2S. The molecule has 0 aromatic heterocycles. The van der Waals surface area contributed by atoms with Crippen molar-refractivity contribution in [3.63, 3.8) is 0 Å². The van der Waals surface area contributed by atoms with Crippen molar-refractivity contribution in [3.05, 3.63) is 24.0 Å². The summed E-state index contributed by atoms with van der Waals surface area (Å²) >= 11 is 1.64. The van der Waals surface area contributed by atoms with Crippen LogP contribution < -0.4 is 15.4 Å². The van der Waals surface area contributed by atoms with Gasteiger partial charge < -0.3 is 10.1 Å². The van der Waals surface area contributed by atoms with Crippen molar-refractivity contribution in [3.8, 4) is 5.75 Å². The summed E-state index contributed by atoms with van der Waals surface area (Å²) in [6.45, 7) is 0. The van der Waals surface area contributed by atoms with Crippen LogP contribution >= 0.6 is 11.8 Å². The number of amides is 1. The quantitative estimate of drug-likeness (QED) is 0.859. The molecule has 0 bridgehead atoms. The molecule has 0 radical (unpaired) electrons. The van der Waals surface area contributed by atoms with Crippen molar-refractivity contribution >= 4 is 23.4 Å². The van der Waals surface area contributed by atoms with Gasteiger partial charge in [0.2, 0.25) is 5.91 Å². The van der Waals surface area contributed by atoms with Gasteiger partial charge in [0.05, 0.1) is 18.8 Å². The number of anilines is 1. The summed E-state index contributed by atoms with van der Waals surface area (Å²) in [6.07, 6.45) is 0. The molecule has 1 aliphatic heterocycles. The van der Waals surface area contributed by atoms with E-state index in [1.54, 1.807) is 11.8 Å². The van der Waals surface area contributed by atoms with E-state index in [0.29, 0.717) is 11.5 Å². The average molecular weight is 256 g/mol. The lowest BCUT2D eigenvalue weighted by Gasteiger charge is -2.12. The van der Waals surface area contributed by atoms with Crippen LogP contribution in [-0.4, -0.2) is 30.7 Å². The van der Waals surface area contributed by atoms with Crippen LogP contribution in [0.15, 0.2) is 18.2 Å². The van der Waals surface area contributed by atoms with E-state index >= 15 is 0 Å². The lowest BCUT2D eigenvalue weighted by molar-refractivity contribution is -0.117. The fourth-order valence-corrected chi connectivity index (χ4v) is 2.45. The summed E-state index contributed by atoms with van der Waals surface area (Å²) in [5.41, 5.74) is 0.146. The lowest BCUT2D eigenvalue weighted by Crippen LogP contribution is -2.37. The molecule has 1 amide bonds. The van der Waals surface area contributed by atoms with Crippen LogP contribution in [0, 0.1) is 5.82 Å². The number of hydrogen-bond acceptors (Lipinski definition) is 4. The van der Waals surface area contributed by atoms with Gasteiger partial charge in [0.15, 0.2) is 0 Å². The Labute approximate surface area is 103 Å². The molecule has 92 valence electrons. The molecule has 1 aromatic carbocycles. The first-order valence-electron chi connectivity index (χ1n) is 5.16. The van der Waals surface area contributed by atoms with Gasteiger partial charge in [-0.1, -0.05) is 0 Å². The first-order valence-corrected chi connectivity index (χ1v) is 6.31. The minimum absolute atomic E-state index is 0.146. The Kier molecular flexibility index (Phi) is 3.86. The van der Waals surface area contributed by atoms with Crippen LogP contribution in [0.5, 0.6) is 5.75 Å². The molecular weight excluding hydrogens is 243 g/mol. The highest BCUT2D eigenvalue weighted by molar-refractivity contribution is 7.99. The second-order valence-electron chi connectivity index (χ2n) is 3.61. The average Bonchev–Trinajstić information content (AvgIpc) is 2.85. The molecule has 1 fully saturated rings. The Balaban J connectivity index is 2.09. The summed E-state index contributed by atoms with van der Waals surface area (Å²) in [4.78, 5) is 11.8. The van der Waals surface area contributed by atoms with Crippen molar-refractivity contribution in [1.82, 2.24) is 5.32 Å². The Morgan fingerprint density at radius 1 is 1.65 bits per heavy atom. The van der Waals surface area contributed by atoms with Crippen LogP contribution in [0.3, 0.4) is 0 Å². The van der Waals surface area contributed by atoms with Gasteiger partial charge in [-0.15, -0.1) is 11.8 Å². The zero-order valence-corrected chi connectivity index (χ0v) is 10.1. The number of ether oxygens (including phenoxy) is 1. The maximum Gasteiger partial charge on any atom is 0.242 e. The smallest absolute Gasteiger partial charge is 0.242 e. The number of methoxy groups -OCH3 is 1.